The molecule has 2 saturated heterocycles. The van der Waals surface area contributed by atoms with Crippen molar-refractivity contribution in [1.82, 2.24) is 25.1 Å². The summed E-state index contributed by atoms with van der Waals surface area (Å²) in [6.45, 7) is 4.61. The number of benzene rings is 1. The van der Waals surface area contributed by atoms with Crippen LogP contribution < -0.4 is 4.90 Å². The molecular weight excluding hydrogens is 336 g/mol. The lowest BCUT2D eigenvalue weighted by Gasteiger charge is -2.24. The van der Waals surface area contributed by atoms with E-state index in [1.165, 1.54) is 0 Å². The largest absolute Gasteiger partial charge is 0.481 e. The summed E-state index contributed by atoms with van der Waals surface area (Å²) >= 11 is 0. The molecule has 0 bridgehead atoms. The first kappa shape index (κ1) is 16.2. The summed E-state index contributed by atoms with van der Waals surface area (Å²) in [7, 11) is 0. The van der Waals surface area contributed by atoms with E-state index in [9.17, 15) is 14.7 Å². The van der Waals surface area contributed by atoms with Crippen molar-refractivity contribution in [3.63, 3.8) is 0 Å². The maximum absolute atomic E-state index is 12.7. The van der Waals surface area contributed by atoms with E-state index in [-0.39, 0.29) is 25.5 Å². The quantitative estimate of drug-likeness (QED) is 0.765. The van der Waals surface area contributed by atoms with Gasteiger partial charge in [0.05, 0.1) is 11.6 Å². The molecule has 2 aliphatic heterocycles. The van der Waals surface area contributed by atoms with Crippen LogP contribution in [0.1, 0.15) is 0 Å². The minimum atomic E-state index is -1.16. The van der Waals surface area contributed by atoms with E-state index in [4.69, 9.17) is 0 Å². The van der Waals surface area contributed by atoms with E-state index < -0.39 is 17.3 Å². The number of carboxylic acids is 1. The second-order valence-electron chi connectivity index (χ2n) is 6.63. The number of nitrogens with zero attached hydrogens (tertiary/aromatic N) is 6. The Bertz CT molecular complexity index is 866. The number of likely N-dealkylation sites (tertiary alicyclic amines) is 1. The number of carboxylic acid groups (broad SMARTS) is 1. The molecule has 9 nitrogen and oxygen atoms in total. The Hall–Kier alpha value is -3.23. The monoisotopic (exact) mass is 354 g/mol. The number of aliphatic carboxylic acids is 1. The number of aromatic nitrogens is 4. The molecule has 1 aromatic heterocycles. The topological polar surface area (TPSA) is 104 Å². The van der Waals surface area contributed by atoms with Gasteiger partial charge in [-0.1, -0.05) is 29.4 Å². The molecule has 1 N–H and O–H groups in total. The Morgan fingerprint density at radius 1 is 1.35 bits per heavy atom. The van der Waals surface area contributed by atoms with Crippen molar-refractivity contribution < 1.29 is 14.7 Å². The molecule has 9 heteroatoms. The molecule has 134 valence electrons. The van der Waals surface area contributed by atoms with E-state index >= 15 is 0 Å². The Balaban J connectivity index is 1.67. The number of hydrogen-bond donors (Lipinski definition) is 1. The number of tetrazole rings is 1. The van der Waals surface area contributed by atoms with Crippen molar-refractivity contribution in [3.05, 3.63) is 43.0 Å². The van der Waals surface area contributed by atoms with Crippen molar-refractivity contribution in [1.29, 1.82) is 0 Å². The molecule has 1 amide bonds. The van der Waals surface area contributed by atoms with Crippen molar-refractivity contribution in [2.75, 3.05) is 31.1 Å². The van der Waals surface area contributed by atoms with Gasteiger partial charge in [0.15, 0.2) is 0 Å². The number of anilines is 1. The highest BCUT2D eigenvalue weighted by Gasteiger charge is 2.62. The average Bonchev–Trinajstić information content (AvgIpc) is 3.31. The van der Waals surface area contributed by atoms with Gasteiger partial charge in [0.1, 0.15) is 5.41 Å². The van der Waals surface area contributed by atoms with Crippen LogP contribution in [0.3, 0.4) is 0 Å². The van der Waals surface area contributed by atoms with E-state index in [2.05, 4.69) is 22.1 Å². The molecule has 0 unspecified atom stereocenters. The van der Waals surface area contributed by atoms with Gasteiger partial charge in [-0.05, 0) is 22.6 Å². The first-order chi connectivity index (χ1) is 12.6. The molecule has 0 spiro atoms. The van der Waals surface area contributed by atoms with Crippen molar-refractivity contribution >= 4 is 17.8 Å². The number of rotatable bonds is 5. The van der Waals surface area contributed by atoms with Crippen molar-refractivity contribution in [3.8, 4) is 5.69 Å². The maximum atomic E-state index is 12.7. The summed E-state index contributed by atoms with van der Waals surface area (Å²) in [6, 6.07) is 9.35. The SMILES string of the molecule is C=CCN1C[C@]2(C(=O)O)CN(c3nnnn3-c3ccccc3)C[C@@H]2C1=O. The van der Waals surface area contributed by atoms with Crippen LogP contribution in [0.5, 0.6) is 0 Å². The predicted molar refractivity (Wildman–Crippen MR) is 91.7 cm³/mol. The fourth-order valence-electron chi connectivity index (χ4n) is 3.89. The smallest absolute Gasteiger partial charge is 0.314 e. The molecule has 4 rings (SSSR count). The molecule has 2 fully saturated rings. The maximum Gasteiger partial charge on any atom is 0.314 e. The van der Waals surface area contributed by atoms with Gasteiger partial charge in [0, 0.05) is 26.2 Å². The Morgan fingerprint density at radius 2 is 2.12 bits per heavy atom. The van der Waals surface area contributed by atoms with Gasteiger partial charge in [-0.15, -0.1) is 6.58 Å². The Morgan fingerprint density at radius 3 is 2.77 bits per heavy atom. The van der Waals surface area contributed by atoms with Gasteiger partial charge >= 0.3 is 5.97 Å². The first-order valence-electron chi connectivity index (χ1n) is 8.28. The highest BCUT2D eigenvalue weighted by Crippen LogP contribution is 2.44. The second-order valence-corrected chi connectivity index (χ2v) is 6.63. The molecule has 2 aromatic rings. The minimum Gasteiger partial charge on any atom is -0.481 e. The van der Waals surface area contributed by atoms with Gasteiger partial charge in [-0.25, -0.2) is 0 Å². The zero-order valence-electron chi connectivity index (χ0n) is 14.0. The van der Waals surface area contributed by atoms with Gasteiger partial charge in [0.25, 0.3) is 0 Å². The Labute approximate surface area is 149 Å². The number of para-hydroxylation sites is 1. The summed E-state index contributed by atoms with van der Waals surface area (Å²) in [6.07, 6.45) is 1.61. The second kappa shape index (κ2) is 5.94. The summed E-state index contributed by atoms with van der Waals surface area (Å²) in [5, 5.41) is 21.7. The standard InChI is InChI=1S/C17H18N6O3/c1-2-8-21-10-17(15(25)26)11-22(9-13(17)14(21)24)16-18-19-20-23(16)12-6-4-3-5-7-12/h2-7,13H,1,8-11H2,(H,25,26)/t13-,17+/m1/s1. The van der Waals surface area contributed by atoms with E-state index in [1.807, 2.05) is 30.3 Å². The number of carbonyl (C=O) groups is 2. The molecule has 0 saturated carbocycles. The fraction of sp³-hybridized carbons (Fsp3) is 0.353. The fourth-order valence-corrected chi connectivity index (χ4v) is 3.89. The summed E-state index contributed by atoms with van der Waals surface area (Å²) < 4.78 is 1.56. The number of carbonyl (C=O) groups excluding carboxylic acids is 1. The minimum absolute atomic E-state index is 0.159. The average molecular weight is 354 g/mol. The molecule has 1 aromatic carbocycles. The zero-order valence-corrected chi connectivity index (χ0v) is 14.0. The van der Waals surface area contributed by atoms with Gasteiger partial charge < -0.3 is 14.9 Å². The van der Waals surface area contributed by atoms with E-state index in [0.29, 0.717) is 12.5 Å². The summed E-state index contributed by atoms with van der Waals surface area (Å²) in [5.74, 6) is -1.31. The molecule has 26 heavy (non-hydrogen) atoms. The summed E-state index contributed by atoms with van der Waals surface area (Å²) in [4.78, 5) is 28.1. The number of hydrogen-bond acceptors (Lipinski definition) is 6. The Kier molecular flexibility index (Phi) is 3.71. The molecule has 2 aliphatic rings. The van der Waals surface area contributed by atoms with Crippen LogP contribution >= 0.6 is 0 Å². The van der Waals surface area contributed by atoms with E-state index in [0.717, 1.165) is 5.69 Å². The summed E-state index contributed by atoms with van der Waals surface area (Å²) in [5.41, 5.74) is -0.387. The first-order valence-corrected chi connectivity index (χ1v) is 8.28. The normalized spacial score (nSPS) is 24.8. The van der Waals surface area contributed by atoms with Gasteiger partial charge in [-0.2, -0.15) is 4.68 Å². The highest BCUT2D eigenvalue weighted by atomic mass is 16.4. The lowest BCUT2D eigenvalue weighted by Crippen LogP contribution is -2.41. The van der Waals surface area contributed by atoms with Crippen molar-refractivity contribution in [2.45, 2.75) is 0 Å². The van der Waals surface area contributed by atoms with Crippen molar-refractivity contribution in [2.24, 2.45) is 11.3 Å². The van der Waals surface area contributed by atoms with Crippen LogP contribution in [0.15, 0.2) is 43.0 Å². The molecule has 3 heterocycles. The molecular formula is C17H18N6O3. The third kappa shape index (κ3) is 2.27. The molecule has 0 radical (unpaired) electrons. The van der Waals surface area contributed by atoms with Crippen LogP contribution in [-0.2, 0) is 9.59 Å². The van der Waals surface area contributed by atoms with Crippen LogP contribution in [0.4, 0.5) is 5.95 Å². The molecule has 2 atom stereocenters. The van der Waals surface area contributed by atoms with Crippen LogP contribution in [-0.4, -0.2) is 68.3 Å². The van der Waals surface area contributed by atoms with Gasteiger partial charge in [0.2, 0.25) is 11.9 Å². The third-order valence-electron chi connectivity index (χ3n) is 5.14. The van der Waals surface area contributed by atoms with Crippen LogP contribution in [0.25, 0.3) is 5.69 Å². The third-order valence-corrected chi connectivity index (χ3v) is 5.14. The number of amides is 1. The zero-order chi connectivity index (χ0) is 18.3. The van der Waals surface area contributed by atoms with Crippen LogP contribution in [0, 0.1) is 11.3 Å². The number of fused-ring (bicyclic) bond motifs is 1. The molecule has 0 aliphatic carbocycles. The highest BCUT2D eigenvalue weighted by molar-refractivity contribution is 5.93. The lowest BCUT2D eigenvalue weighted by molar-refractivity contribution is -0.149. The van der Waals surface area contributed by atoms with Gasteiger partial charge in [-0.3, -0.25) is 9.59 Å². The van der Waals surface area contributed by atoms with Crippen LogP contribution in [0.2, 0.25) is 0 Å². The predicted octanol–water partition coefficient (Wildman–Crippen LogP) is 0.198. The van der Waals surface area contributed by atoms with E-state index in [1.54, 1.807) is 20.6 Å². The lowest BCUT2D eigenvalue weighted by atomic mass is 9.81.